The molecule has 2 N–H and O–H groups in total. The van der Waals surface area contributed by atoms with Crippen molar-refractivity contribution in [1.82, 2.24) is 9.97 Å². The molecule has 2 atom stereocenters. The van der Waals surface area contributed by atoms with Gasteiger partial charge >= 0.3 is 0 Å². The summed E-state index contributed by atoms with van der Waals surface area (Å²) in [6.45, 7) is 7.62. The third-order valence-corrected chi connectivity index (χ3v) is 4.21. The summed E-state index contributed by atoms with van der Waals surface area (Å²) in [4.78, 5) is 8.41. The lowest BCUT2D eigenvalue weighted by atomic mass is 10.3. The molecule has 0 aliphatic rings. The fourth-order valence-corrected chi connectivity index (χ4v) is 1.98. The van der Waals surface area contributed by atoms with Crippen LogP contribution in [0.2, 0.25) is 0 Å². The van der Waals surface area contributed by atoms with E-state index in [1.807, 2.05) is 20.8 Å². The average molecular weight is 270 g/mol. The third-order valence-electron chi connectivity index (χ3n) is 2.84. The fourth-order valence-electron chi connectivity index (χ4n) is 1.53. The molecular weight excluding hydrogens is 248 g/mol. The number of hydrogen-bond acceptors (Lipinski definition) is 5. The molecule has 1 aromatic heterocycles. The van der Waals surface area contributed by atoms with Crippen LogP contribution >= 0.6 is 0 Å². The molecule has 0 aliphatic carbocycles. The van der Waals surface area contributed by atoms with E-state index in [0.717, 1.165) is 36.7 Å². The van der Waals surface area contributed by atoms with Crippen LogP contribution in [0.3, 0.4) is 0 Å². The number of hydrogen-bond donors (Lipinski definition) is 2. The van der Waals surface area contributed by atoms with Crippen LogP contribution in [-0.2, 0) is 10.8 Å². The number of nitrogens with zero attached hydrogens (tertiary/aromatic N) is 2. The van der Waals surface area contributed by atoms with Gasteiger partial charge in [0, 0.05) is 41.0 Å². The largest absolute Gasteiger partial charge is 0.370 e. The lowest BCUT2D eigenvalue weighted by molar-refractivity contribution is 0.672. The molecule has 0 spiro atoms. The number of nitrogens with one attached hydrogen (secondary N) is 2. The Morgan fingerprint density at radius 1 is 1.33 bits per heavy atom. The molecule has 102 valence electrons. The van der Waals surface area contributed by atoms with Gasteiger partial charge in [-0.2, -0.15) is 0 Å². The van der Waals surface area contributed by atoms with Crippen LogP contribution < -0.4 is 10.6 Å². The van der Waals surface area contributed by atoms with Gasteiger partial charge in [-0.05, 0) is 20.3 Å². The van der Waals surface area contributed by atoms with Crippen molar-refractivity contribution in [2.24, 2.45) is 0 Å². The zero-order valence-electron chi connectivity index (χ0n) is 11.5. The van der Waals surface area contributed by atoms with Crippen LogP contribution in [0.25, 0.3) is 0 Å². The van der Waals surface area contributed by atoms with Gasteiger partial charge in [0.1, 0.15) is 18.0 Å². The summed E-state index contributed by atoms with van der Waals surface area (Å²) in [5.74, 6) is 1.71. The maximum Gasteiger partial charge on any atom is 0.134 e. The Morgan fingerprint density at radius 2 is 1.94 bits per heavy atom. The Hall–Kier alpha value is -1.17. The minimum absolute atomic E-state index is 0.202. The molecule has 0 saturated heterocycles. The van der Waals surface area contributed by atoms with Gasteiger partial charge in [0.05, 0.1) is 0 Å². The SMILES string of the molecule is CCNc1ncnc(NCCC(C)S(C)=O)c1C. The molecule has 0 fully saturated rings. The molecule has 2 unspecified atom stereocenters. The van der Waals surface area contributed by atoms with Gasteiger partial charge in [0.2, 0.25) is 0 Å². The summed E-state index contributed by atoms with van der Waals surface area (Å²) in [5, 5.41) is 6.67. The van der Waals surface area contributed by atoms with Crippen molar-refractivity contribution in [3.05, 3.63) is 11.9 Å². The highest BCUT2D eigenvalue weighted by atomic mass is 32.2. The highest BCUT2D eigenvalue weighted by Gasteiger charge is 2.08. The molecule has 1 heterocycles. The van der Waals surface area contributed by atoms with Crippen LogP contribution in [-0.4, -0.2) is 38.8 Å². The van der Waals surface area contributed by atoms with Crippen LogP contribution in [0.1, 0.15) is 25.8 Å². The van der Waals surface area contributed by atoms with Gasteiger partial charge < -0.3 is 10.6 Å². The summed E-state index contributed by atoms with van der Waals surface area (Å²) in [6.07, 6.45) is 4.15. The van der Waals surface area contributed by atoms with Crippen LogP contribution in [0, 0.1) is 6.92 Å². The molecule has 5 nitrogen and oxygen atoms in total. The van der Waals surface area contributed by atoms with E-state index in [9.17, 15) is 4.21 Å². The van der Waals surface area contributed by atoms with E-state index in [1.54, 1.807) is 12.6 Å². The van der Waals surface area contributed by atoms with E-state index in [4.69, 9.17) is 0 Å². The van der Waals surface area contributed by atoms with Crippen molar-refractivity contribution in [1.29, 1.82) is 0 Å². The Morgan fingerprint density at radius 3 is 2.50 bits per heavy atom. The second kappa shape index (κ2) is 7.31. The normalized spacial score (nSPS) is 14.0. The molecule has 0 amide bonds. The van der Waals surface area contributed by atoms with Crippen molar-refractivity contribution in [2.45, 2.75) is 32.4 Å². The summed E-state index contributed by atoms with van der Waals surface area (Å²) >= 11 is 0. The molecule has 1 aromatic rings. The monoisotopic (exact) mass is 270 g/mol. The van der Waals surface area contributed by atoms with Gasteiger partial charge in [0.25, 0.3) is 0 Å². The predicted molar refractivity (Wildman–Crippen MR) is 77.6 cm³/mol. The zero-order valence-corrected chi connectivity index (χ0v) is 12.3. The molecule has 1 rings (SSSR count). The molecule has 0 bridgehead atoms. The Balaban J connectivity index is 2.57. The summed E-state index contributed by atoms with van der Waals surface area (Å²) in [7, 11) is -0.766. The quantitative estimate of drug-likeness (QED) is 0.790. The Kier molecular flexibility index (Phi) is 6.04. The fraction of sp³-hybridized carbons (Fsp3) is 0.667. The van der Waals surface area contributed by atoms with E-state index >= 15 is 0 Å². The molecule has 0 radical (unpaired) electrons. The molecule has 0 aliphatic heterocycles. The van der Waals surface area contributed by atoms with Gasteiger partial charge in [-0.15, -0.1) is 0 Å². The van der Waals surface area contributed by atoms with Crippen molar-refractivity contribution in [3.8, 4) is 0 Å². The molecule has 6 heteroatoms. The van der Waals surface area contributed by atoms with Crippen LogP contribution in [0.5, 0.6) is 0 Å². The van der Waals surface area contributed by atoms with Crippen molar-refractivity contribution < 1.29 is 4.21 Å². The van der Waals surface area contributed by atoms with E-state index in [2.05, 4.69) is 20.6 Å². The first-order valence-corrected chi connectivity index (χ1v) is 7.80. The van der Waals surface area contributed by atoms with E-state index in [-0.39, 0.29) is 5.25 Å². The van der Waals surface area contributed by atoms with Crippen LogP contribution in [0.15, 0.2) is 6.33 Å². The highest BCUT2D eigenvalue weighted by molar-refractivity contribution is 7.84. The number of rotatable bonds is 7. The van der Waals surface area contributed by atoms with Gasteiger partial charge in [-0.1, -0.05) is 6.92 Å². The first kappa shape index (κ1) is 14.9. The molecule has 18 heavy (non-hydrogen) atoms. The number of anilines is 2. The Bertz CT molecular complexity index is 411. The second-order valence-electron chi connectivity index (χ2n) is 4.25. The highest BCUT2D eigenvalue weighted by Crippen LogP contribution is 2.17. The molecule has 0 aromatic carbocycles. The zero-order chi connectivity index (χ0) is 13.5. The lowest BCUT2D eigenvalue weighted by Gasteiger charge is -2.13. The van der Waals surface area contributed by atoms with Crippen molar-refractivity contribution >= 4 is 22.4 Å². The predicted octanol–water partition coefficient (Wildman–Crippen LogP) is 1.79. The Labute approximate surface area is 111 Å². The van der Waals surface area contributed by atoms with Crippen molar-refractivity contribution in [2.75, 3.05) is 30.0 Å². The number of aromatic nitrogens is 2. The third kappa shape index (κ3) is 4.25. The summed E-state index contributed by atoms with van der Waals surface area (Å²) in [5.41, 5.74) is 1.02. The van der Waals surface area contributed by atoms with Gasteiger partial charge in [-0.25, -0.2) is 9.97 Å². The standard InChI is InChI=1S/C12H22N4OS/c1-5-13-11-10(3)12(16-8-15-11)14-7-6-9(2)18(4)17/h8-9H,5-7H2,1-4H3,(H2,13,14,15,16). The van der Waals surface area contributed by atoms with Crippen LogP contribution in [0.4, 0.5) is 11.6 Å². The summed E-state index contributed by atoms with van der Waals surface area (Å²) < 4.78 is 11.2. The van der Waals surface area contributed by atoms with E-state index in [0.29, 0.717) is 0 Å². The maximum atomic E-state index is 11.2. The minimum atomic E-state index is -0.766. The van der Waals surface area contributed by atoms with Gasteiger partial charge in [0.15, 0.2) is 0 Å². The summed E-state index contributed by atoms with van der Waals surface area (Å²) in [6, 6.07) is 0. The topological polar surface area (TPSA) is 66.9 Å². The lowest BCUT2D eigenvalue weighted by Crippen LogP contribution is -2.16. The maximum absolute atomic E-state index is 11.2. The second-order valence-corrected chi connectivity index (χ2v) is 6.05. The molecule has 0 saturated carbocycles. The van der Waals surface area contributed by atoms with E-state index in [1.165, 1.54) is 0 Å². The van der Waals surface area contributed by atoms with E-state index < -0.39 is 10.8 Å². The van der Waals surface area contributed by atoms with Crippen molar-refractivity contribution in [3.63, 3.8) is 0 Å². The minimum Gasteiger partial charge on any atom is -0.370 e. The average Bonchev–Trinajstić information content (AvgIpc) is 2.33. The molecular formula is C12H22N4OS. The first-order valence-electron chi connectivity index (χ1n) is 6.17. The van der Waals surface area contributed by atoms with Gasteiger partial charge in [-0.3, -0.25) is 4.21 Å². The first-order chi connectivity index (χ1) is 8.56. The smallest absolute Gasteiger partial charge is 0.134 e.